The summed E-state index contributed by atoms with van der Waals surface area (Å²) in [6.07, 6.45) is 3.45. The van der Waals surface area contributed by atoms with Crippen LogP contribution in [0.2, 0.25) is 0 Å². The molecule has 0 aliphatic heterocycles. The summed E-state index contributed by atoms with van der Waals surface area (Å²) < 4.78 is 0. The van der Waals surface area contributed by atoms with Gasteiger partial charge in [-0.2, -0.15) is 23.5 Å². The van der Waals surface area contributed by atoms with Crippen molar-refractivity contribution in [3.8, 4) is 0 Å². The Morgan fingerprint density at radius 1 is 1.43 bits per heavy atom. The van der Waals surface area contributed by atoms with Crippen molar-refractivity contribution in [1.82, 2.24) is 0 Å². The summed E-state index contributed by atoms with van der Waals surface area (Å²) in [6, 6.07) is 0. The maximum Gasteiger partial charge on any atom is 0.0389 e. The van der Waals surface area contributed by atoms with Crippen molar-refractivity contribution < 1.29 is 0 Å². The van der Waals surface area contributed by atoms with E-state index >= 15 is 0 Å². The fourth-order valence-corrected chi connectivity index (χ4v) is 1.71. The van der Waals surface area contributed by atoms with Crippen molar-refractivity contribution in [2.75, 3.05) is 17.1 Å². The Kier molecular flexibility index (Phi) is 7.37. The summed E-state index contributed by atoms with van der Waals surface area (Å²) in [4.78, 5) is 0. The monoisotopic (exact) mass is 136 g/mol. The lowest BCUT2D eigenvalue weighted by molar-refractivity contribution is 1.11. The Bertz CT molecular complexity index is 25.3. The second kappa shape index (κ2) is 6.70. The molecule has 0 aromatic rings. The minimum absolute atomic E-state index is 1.26. The van der Waals surface area contributed by atoms with Gasteiger partial charge in [-0.05, 0) is 18.4 Å². The third-order valence-corrected chi connectivity index (χ3v) is 2.86. The van der Waals surface area contributed by atoms with E-state index in [1.807, 2.05) is 23.5 Å². The van der Waals surface area contributed by atoms with E-state index in [0.29, 0.717) is 0 Å². The summed E-state index contributed by atoms with van der Waals surface area (Å²) in [6.45, 7) is 2.22. The van der Waals surface area contributed by atoms with Gasteiger partial charge in [0.2, 0.25) is 0 Å². The Labute approximate surface area is 54.4 Å². The largest absolute Gasteiger partial charge is 0.155 e. The third-order valence-electron chi connectivity index (χ3n) is 0.550. The Balaban J connectivity index is 2.45. The predicted molar refractivity (Wildman–Crippen MR) is 41.1 cm³/mol. The van der Waals surface area contributed by atoms with E-state index in [2.05, 4.69) is 13.2 Å². The van der Waals surface area contributed by atoms with Crippen molar-refractivity contribution in [2.24, 2.45) is 0 Å². The van der Waals surface area contributed by atoms with Crippen LogP contribution in [0.1, 0.15) is 13.3 Å². The maximum atomic E-state index is 2.22. The second-order valence-corrected chi connectivity index (χ2v) is 3.65. The molecule has 0 rings (SSSR count). The minimum Gasteiger partial charge on any atom is -0.155 e. The lowest BCUT2D eigenvalue weighted by atomic mass is 10.6. The van der Waals surface area contributed by atoms with Crippen LogP contribution in [-0.2, 0) is 0 Å². The average molecular weight is 136 g/mol. The lowest BCUT2D eigenvalue weighted by Gasteiger charge is -1.91. The van der Waals surface area contributed by atoms with E-state index in [4.69, 9.17) is 0 Å². The van der Waals surface area contributed by atoms with Crippen LogP contribution >= 0.6 is 23.5 Å². The molecule has 44 valence electrons. The van der Waals surface area contributed by atoms with Gasteiger partial charge in [-0.15, -0.1) is 0 Å². The van der Waals surface area contributed by atoms with Crippen molar-refractivity contribution in [2.45, 2.75) is 13.3 Å². The van der Waals surface area contributed by atoms with Crippen LogP contribution in [0.25, 0.3) is 0 Å². The summed E-state index contributed by atoms with van der Waals surface area (Å²) in [5.74, 6) is 1.32. The number of hydrogen-bond acceptors (Lipinski definition) is 2. The molecule has 0 saturated carbocycles. The molecule has 0 aromatic carbocycles. The van der Waals surface area contributed by atoms with E-state index in [0.717, 1.165) is 0 Å². The highest BCUT2D eigenvalue weighted by Crippen LogP contribution is 2.08. The molecule has 0 amide bonds. The summed E-state index contributed by atoms with van der Waals surface area (Å²) in [5, 5.41) is 1.26. The van der Waals surface area contributed by atoms with Gasteiger partial charge in [-0.3, -0.25) is 0 Å². The van der Waals surface area contributed by atoms with Crippen molar-refractivity contribution in [3.63, 3.8) is 0 Å². The zero-order chi connectivity index (χ0) is 5.54. The normalized spacial score (nSPS) is 9.43. The van der Waals surface area contributed by atoms with Gasteiger partial charge in [0, 0.05) is 5.08 Å². The van der Waals surface area contributed by atoms with Gasteiger partial charge in [0.15, 0.2) is 0 Å². The van der Waals surface area contributed by atoms with Crippen molar-refractivity contribution >= 4 is 23.5 Å². The first kappa shape index (κ1) is 7.70. The molecular formula is C5H12S2. The van der Waals surface area contributed by atoms with E-state index in [1.54, 1.807) is 0 Å². The molecule has 0 radical (unpaired) electrons. The van der Waals surface area contributed by atoms with Gasteiger partial charge in [0.25, 0.3) is 0 Å². The highest BCUT2D eigenvalue weighted by atomic mass is 32.2. The summed E-state index contributed by atoms with van der Waals surface area (Å²) >= 11 is 3.92. The topological polar surface area (TPSA) is 0 Å². The molecule has 0 nitrogen and oxygen atoms in total. The van der Waals surface area contributed by atoms with Crippen molar-refractivity contribution in [1.29, 1.82) is 0 Å². The van der Waals surface area contributed by atoms with E-state index in [1.165, 1.54) is 17.3 Å². The van der Waals surface area contributed by atoms with Gasteiger partial charge in [-0.25, -0.2) is 0 Å². The van der Waals surface area contributed by atoms with Crippen LogP contribution in [0.4, 0.5) is 0 Å². The first-order chi connectivity index (χ1) is 3.41. The molecule has 0 aromatic heterocycles. The van der Waals surface area contributed by atoms with E-state index < -0.39 is 0 Å². The average Bonchev–Trinajstić information content (AvgIpc) is 1.69. The van der Waals surface area contributed by atoms with Crippen LogP contribution in [-0.4, -0.2) is 17.1 Å². The number of thioether (sulfide) groups is 2. The molecule has 0 heterocycles. The molecule has 0 fully saturated rings. The van der Waals surface area contributed by atoms with Crippen LogP contribution in [0, 0.1) is 0 Å². The van der Waals surface area contributed by atoms with Crippen molar-refractivity contribution in [3.05, 3.63) is 0 Å². The van der Waals surface area contributed by atoms with E-state index in [-0.39, 0.29) is 0 Å². The van der Waals surface area contributed by atoms with Gasteiger partial charge in [-0.1, -0.05) is 6.92 Å². The first-order valence-electron chi connectivity index (χ1n) is 2.48. The minimum atomic E-state index is 1.26. The lowest BCUT2D eigenvalue weighted by Crippen LogP contribution is -1.72. The van der Waals surface area contributed by atoms with Crippen LogP contribution < -0.4 is 0 Å². The number of hydrogen-bond donors (Lipinski definition) is 0. The fraction of sp³-hybridized carbons (Fsp3) is 1.00. The Morgan fingerprint density at radius 3 is 2.57 bits per heavy atom. The fourth-order valence-electron chi connectivity index (χ4n) is 0.287. The SMILES string of the molecule is CCCSCSC. The van der Waals surface area contributed by atoms with E-state index in [9.17, 15) is 0 Å². The molecule has 0 spiro atoms. The molecule has 0 saturated heterocycles. The molecule has 7 heavy (non-hydrogen) atoms. The van der Waals surface area contributed by atoms with Crippen LogP contribution in [0.5, 0.6) is 0 Å². The zero-order valence-corrected chi connectivity index (χ0v) is 6.57. The van der Waals surface area contributed by atoms with Crippen LogP contribution in [0.3, 0.4) is 0 Å². The quantitative estimate of drug-likeness (QED) is 0.430. The molecule has 0 aliphatic rings. The maximum absolute atomic E-state index is 2.22. The predicted octanol–water partition coefficient (Wildman–Crippen LogP) is 2.45. The van der Waals surface area contributed by atoms with Gasteiger partial charge < -0.3 is 0 Å². The number of rotatable bonds is 4. The summed E-state index contributed by atoms with van der Waals surface area (Å²) in [5.41, 5.74) is 0. The highest BCUT2D eigenvalue weighted by molar-refractivity contribution is 8.15. The van der Waals surface area contributed by atoms with Crippen LogP contribution in [0.15, 0.2) is 0 Å². The molecule has 0 N–H and O–H groups in total. The zero-order valence-electron chi connectivity index (χ0n) is 4.94. The molecule has 0 bridgehead atoms. The Morgan fingerprint density at radius 2 is 2.14 bits per heavy atom. The third kappa shape index (κ3) is 6.70. The van der Waals surface area contributed by atoms with Gasteiger partial charge in [0.05, 0.1) is 0 Å². The molecule has 0 atom stereocenters. The molecule has 0 unspecified atom stereocenters. The highest BCUT2D eigenvalue weighted by Gasteiger charge is 1.79. The summed E-state index contributed by atoms with van der Waals surface area (Å²) in [7, 11) is 0. The van der Waals surface area contributed by atoms with Gasteiger partial charge >= 0.3 is 0 Å². The smallest absolute Gasteiger partial charge is 0.0389 e. The standard InChI is InChI=1S/C5H12S2/c1-3-4-7-5-6-2/h3-5H2,1-2H3. The molecular weight excluding hydrogens is 124 g/mol. The first-order valence-corrected chi connectivity index (χ1v) is 5.03. The van der Waals surface area contributed by atoms with Gasteiger partial charge in [0.1, 0.15) is 0 Å². The molecule has 2 heteroatoms. The molecule has 0 aliphatic carbocycles. The Hall–Kier alpha value is 0.700. The second-order valence-electron chi connectivity index (χ2n) is 1.31.